The van der Waals surface area contributed by atoms with Crippen LogP contribution in [0.15, 0.2) is 28.8 Å². The lowest BCUT2D eigenvalue weighted by atomic mass is 10.4. The van der Waals surface area contributed by atoms with Gasteiger partial charge in [-0.25, -0.2) is 9.37 Å². The normalized spacial score (nSPS) is 11.9. The van der Waals surface area contributed by atoms with Crippen LogP contribution < -0.4 is 5.01 Å². The van der Waals surface area contributed by atoms with Crippen molar-refractivity contribution >= 4 is 29.3 Å². The van der Waals surface area contributed by atoms with E-state index in [4.69, 9.17) is 5.11 Å². The summed E-state index contributed by atoms with van der Waals surface area (Å²) in [6.45, 7) is -0.993. The Kier molecular flexibility index (Phi) is 5.01. The maximum Gasteiger partial charge on any atom is 0.443 e. The summed E-state index contributed by atoms with van der Waals surface area (Å²) < 4.78 is 50.7. The minimum atomic E-state index is -4.66. The van der Waals surface area contributed by atoms with Gasteiger partial charge in [0.1, 0.15) is 12.4 Å². The molecular weight excluding hydrogens is 340 g/mol. The largest absolute Gasteiger partial charge is 0.443 e. The number of aliphatic hydroxyl groups excluding tert-OH is 1. The number of aliphatic hydroxyl groups is 1. The van der Waals surface area contributed by atoms with Crippen molar-refractivity contribution < 1.29 is 27.5 Å². The van der Waals surface area contributed by atoms with Crippen LogP contribution in [0.25, 0.3) is 0 Å². The number of aromatic nitrogens is 2. The first kappa shape index (κ1) is 17.0. The molecule has 1 amide bonds. The molecule has 2 rings (SSSR count). The summed E-state index contributed by atoms with van der Waals surface area (Å²) in [5.41, 5.74) is 0.0343. The molecular formula is C12H8F4N4O2S. The summed E-state index contributed by atoms with van der Waals surface area (Å²) in [4.78, 5) is 18.6. The van der Waals surface area contributed by atoms with Crippen LogP contribution in [0.1, 0.15) is 10.7 Å². The molecule has 0 radical (unpaired) electrons. The van der Waals surface area contributed by atoms with Gasteiger partial charge in [-0.3, -0.25) is 9.78 Å². The summed E-state index contributed by atoms with van der Waals surface area (Å²) in [5, 5.41) is 12.8. The van der Waals surface area contributed by atoms with Crippen LogP contribution in [0, 0.1) is 5.82 Å². The fourth-order valence-electron chi connectivity index (χ4n) is 1.42. The molecule has 1 N–H and O–H groups in total. The van der Waals surface area contributed by atoms with Crippen LogP contribution in [0.4, 0.5) is 23.4 Å². The van der Waals surface area contributed by atoms with Crippen molar-refractivity contribution in [2.75, 3.05) is 11.6 Å². The summed E-state index contributed by atoms with van der Waals surface area (Å²) in [7, 11) is 0. The molecule has 122 valence electrons. The molecule has 11 heteroatoms. The van der Waals surface area contributed by atoms with Crippen LogP contribution in [-0.4, -0.2) is 33.8 Å². The van der Waals surface area contributed by atoms with Crippen molar-refractivity contribution in [2.45, 2.75) is 6.18 Å². The van der Waals surface area contributed by atoms with Gasteiger partial charge in [0.15, 0.2) is 10.8 Å². The van der Waals surface area contributed by atoms with Gasteiger partial charge < -0.3 is 5.11 Å². The first-order chi connectivity index (χ1) is 10.8. The second-order valence-electron chi connectivity index (χ2n) is 4.02. The second-order valence-corrected chi connectivity index (χ2v) is 4.87. The SMILES string of the molecule is O=C(CO)N(N=Cc1cc(F)ccn1)c1csc(C(F)(F)F)n1. The smallest absolute Gasteiger partial charge is 0.386 e. The third-order valence-corrected chi connectivity index (χ3v) is 3.25. The van der Waals surface area contributed by atoms with Crippen LogP contribution >= 0.6 is 11.3 Å². The Morgan fingerprint density at radius 2 is 2.22 bits per heavy atom. The highest BCUT2D eigenvalue weighted by Crippen LogP contribution is 2.33. The van der Waals surface area contributed by atoms with Crippen molar-refractivity contribution in [3.63, 3.8) is 0 Å². The number of carbonyl (C=O) groups excluding carboxylic acids is 1. The highest BCUT2D eigenvalue weighted by molar-refractivity contribution is 7.10. The van der Waals surface area contributed by atoms with Crippen LogP contribution in [-0.2, 0) is 11.0 Å². The number of rotatable bonds is 4. The van der Waals surface area contributed by atoms with Gasteiger partial charge in [-0.05, 0) is 6.07 Å². The molecule has 2 heterocycles. The highest BCUT2D eigenvalue weighted by atomic mass is 32.1. The van der Waals surface area contributed by atoms with Crippen molar-refractivity contribution in [2.24, 2.45) is 5.10 Å². The van der Waals surface area contributed by atoms with Gasteiger partial charge in [-0.2, -0.15) is 23.3 Å². The molecule has 0 saturated heterocycles. The van der Waals surface area contributed by atoms with Gasteiger partial charge in [0.25, 0.3) is 5.91 Å². The standard InChI is InChI=1S/C12H8F4N4O2S/c13-7-1-2-17-8(3-7)4-18-20(10(22)5-21)9-6-23-11(19-9)12(14,15)16/h1-4,6,21H,5H2. The number of thiazole rings is 1. The minimum absolute atomic E-state index is 0.0343. The zero-order valence-electron chi connectivity index (χ0n) is 11.2. The van der Waals surface area contributed by atoms with Crippen molar-refractivity contribution in [3.05, 3.63) is 40.2 Å². The molecule has 0 aromatic carbocycles. The average Bonchev–Trinajstić information content (AvgIpc) is 2.97. The maximum atomic E-state index is 13.0. The van der Waals surface area contributed by atoms with E-state index in [0.717, 1.165) is 29.9 Å². The number of nitrogens with zero attached hydrogens (tertiary/aromatic N) is 4. The Balaban J connectivity index is 2.31. The Morgan fingerprint density at radius 1 is 1.48 bits per heavy atom. The van der Waals surface area contributed by atoms with E-state index in [1.54, 1.807) is 0 Å². The van der Waals surface area contributed by atoms with E-state index in [2.05, 4.69) is 15.1 Å². The maximum absolute atomic E-state index is 13.0. The zero-order chi connectivity index (χ0) is 17.0. The van der Waals surface area contributed by atoms with Crippen LogP contribution in [0.2, 0.25) is 0 Å². The molecule has 0 unspecified atom stereocenters. The molecule has 0 aliphatic rings. The van der Waals surface area contributed by atoms with E-state index in [0.29, 0.717) is 5.01 Å². The molecule has 2 aromatic rings. The Hall–Kier alpha value is -2.40. The third-order valence-electron chi connectivity index (χ3n) is 2.37. The zero-order valence-corrected chi connectivity index (χ0v) is 12.0. The van der Waals surface area contributed by atoms with E-state index in [1.165, 1.54) is 0 Å². The number of carbonyl (C=O) groups is 1. The third kappa shape index (κ3) is 4.29. The fourth-order valence-corrected chi connectivity index (χ4v) is 2.07. The second kappa shape index (κ2) is 6.79. The summed E-state index contributed by atoms with van der Waals surface area (Å²) in [6, 6.07) is 2.09. The Morgan fingerprint density at radius 3 is 2.78 bits per heavy atom. The first-order valence-corrected chi connectivity index (χ1v) is 6.81. The number of amides is 1. The van der Waals surface area contributed by atoms with Gasteiger partial charge in [-0.15, -0.1) is 11.3 Å². The van der Waals surface area contributed by atoms with E-state index in [-0.39, 0.29) is 17.0 Å². The first-order valence-electron chi connectivity index (χ1n) is 5.93. The predicted octanol–water partition coefficient (Wildman–Crippen LogP) is 2.06. The van der Waals surface area contributed by atoms with Gasteiger partial charge in [0.2, 0.25) is 0 Å². The number of pyridine rings is 1. The number of anilines is 1. The molecule has 0 saturated carbocycles. The number of hydrazone groups is 1. The molecule has 0 bridgehead atoms. The average molecular weight is 348 g/mol. The van der Waals surface area contributed by atoms with E-state index in [1.807, 2.05) is 0 Å². The van der Waals surface area contributed by atoms with E-state index < -0.39 is 35.3 Å². The quantitative estimate of drug-likeness (QED) is 0.521. The molecule has 0 atom stereocenters. The van der Waals surface area contributed by atoms with Crippen LogP contribution in [0.3, 0.4) is 0 Å². The topological polar surface area (TPSA) is 78.7 Å². The molecule has 2 aromatic heterocycles. The number of halogens is 4. The van der Waals surface area contributed by atoms with E-state index in [9.17, 15) is 22.4 Å². The lowest BCUT2D eigenvalue weighted by Crippen LogP contribution is -2.28. The number of hydrogen-bond donors (Lipinski definition) is 1. The van der Waals surface area contributed by atoms with Gasteiger partial charge in [0, 0.05) is 17.6 Å². The highest BCUT2D eigenvalue weighted by Gasteiger charge is 2.35. The van der Waals surface area contributed by atoms with Crippen molar-refractivity contribution in [3.8, 4) is 0 Å². The minimum Gasteiger partial charge on any atom is -0.386 e. The molecule has 0 spiro atoms. The fraction of sp³-hybridized carbons (Fsp3) is 0.167. The molecule has 6 nitrogen and oxygen atoms in total. The molecule has 0 fully saturated rings. The Bertz CT molecular complexity index is 732. The lowest BCUT2D eigenvalue weighted by Gasteiger charge is -2.12. The lowest BCUT2D eigenvalue weighted by molar-refractivity contribution is -0.137. The van der Waals surface area contributed by atoms with Crippen molar-refractivity contribution in [1.82, 2.24) is 9.97 Å². The summed E-state index contributed by atoms with van der Waals surface area (Å²) >= 11 is 0.276. The number of alkyl halides is 3. The van der Waals surface area contributed by atoms with Crippen LogP contribution in [0.5, 0.6) is 0 Å². The molecule has 23 heavy (non-hydrogen) atoms. The monoisotopic (exact) mass is 348 g/mol. The van der Waals surface area contributed by atoms with E-state index >= 15 is 0 Å². The number of hydrogen-bond acceptors (Lipinski definition) is 6. The molecule has 0 aliphatic carbocycles. The molecule has 0 aliphatic heterocycles. The summed E-state index contributed by atoms with van der Waals surface area (Å²) in [6.07, 6.45) is -2.55. The predicted molar refractivity (Wildman–Crippen MR) is 73.5 cm³/mol. The van der Waals surface area contributed by atoms with Gasteiger partial charge >= 0.3 is 6.18 Å². The summed E-state index contributed by atoms with van der Waals surface area (Å²) in [5.74, 6) is -2.01. The van der Waals surface area contributed by atoms with Crippen molar-refractivity contribution in [1.29, 1.82) is 0 Å². The van der Waals surface area contributed by atoms with Gasteiger partial charge in [0.05, 0.1) is 11.9 Å². The Labute approximate surface area is 130 Å². The van der Waals surface area contributed by atoms with Gasteiger partial charge in [-0.1, -0.05) is 0 Å².